The molecule has 4 heterocycles. The summed E-state index contributed by atoms with van der Waals surface area (Å²) in [5.41, 5.74) is 4.17. The van der Waals surface area contributed by atoms with E-state index < -0.39 is 0 Å². The minimum Gasteiger partial charge on any atom is -0.489 e. The average Bonchev–Trinajstić information content (AvgIpc) is 3.84. The van der Waals surface area contributed by atoms with Gasteiger partial charge in [-0.1, -0.05) is 59.3 Å². The van der Waals surface area contributed by atoms with Gasteiger partial charge in [-0.15, -0.1) is 16.4 Å². The maximum Gasteiger partial charge on any atom is 0.291 e. The monoisotopic (exact) mass is 619 g/mol. The van der Waals surface area contributed by atoms with E-state index in [9.17, 15) is 4.79 Å². The van der Waals surface area contributed by atoms with Crippen LogP contribution in [0.4, 0.5) is 0 Å². The molecule has 7 aromatic rings. The Morgan fingerprint density at radius 3 is 2.44 bits per heavy atom. The number of ether oxygens (including phenoxy) is 1. The molecule has 0 aliphatic heterocycles. The molecule has 7 nitrogen and oxygen atoms in total. The molecule has 0 N–H and O–H groups in total. The molecule has 3 aromatic carbocycles. The van der Waals surface area contributed by atoms with Crippen LogP contribution in [-0.4, -0.2) is 24.4 Å². The number of hydrogen-bond donors (Lipinski definition) is 0. The van der Waals surface area contributed by atoms with Gasteiger partial charge in [0.1, 0.15) is 18.1 Å². The van der Waals surface area contributed by atoms with Crippen LogP contribution in [0, 0.1) is 0 Å². The first-order valence-corrected chi connectivity index (χ1v) is 15.4. The summed E-state index contributed by atoms with van der Waals surface area (Å²) in [6.07, 6.45) is 7.55. The lowest BCUT2D eigenvalue weighted by molar-refractivity contribution is 0.306. The van der Waals surface area contributed by atoms with Crippen molar-refractivity contribution < 1.29 is 4.74 Å². The molecule has 0 spiro atoms. The van der Waals surface area contributed by atoms with Crippen molar-refractivity contribution in [3.8, 4) is 22.7 Å². The van der Waals surface area contributed by atoms with Crippen LogP contribution in [0.15, 0.2) is 107 Å². The Balaban J connectivity index is 1.21. The molecular weight excluding hydrogens is 598 g/mol. The van der Waals surface area contributed by atoms with Crippen LogP contribution >= 0.6 is 34.3 Å². The van der Waals surface area contributed by atoms with Gasteiger partial charge in [-0.3, -0.25) is 4.79 Å². The molecule has 0 saturated carbocycles. The zero-order chi connectivity index (χ0) is 29.2. The number of thiophene rings is 1. The van der Waals surface area contributed by atoms with Crippen molar-refractivity contribution in [2.75, 3.05) is 0 Å². The van der Waals surface area contributed by atoms with E-state index in [0.29, 0.717) is 26.9 Å². The maximum absolute atomic E-state index is 13.3. The largest absolute Gasteiger partial charge is 0.489 e. The predicted octanol–water partition coefficient (Wildman–Crippen LogP) is 7.02. The van der Waals surface area contributed by atoms with E-state index in [-0.39, 0.29) is 5.56 Å². The summed E-state index contributed by atoms with van der Waals surface area (Å²) < 4.78 is 9.68. The van der Waals surface area contributed by atoms with E-state index in [0.717, 1.165) is 38.7 Å². The Labute approximate surface area is 259 Å². The fraction of sp³-hybridized carbons (Fsp3) is 0.0303. The normalized spacial score (nSPS) is 12.1. The summed E-state index contributed by atoms with van der Waals surface area (Å²) in [6, 6.07) is 29.2. The Kier molecular flexibility index (Phi) is 7.42. The average molecular weight is 620 g/mol. The number of aromatic nitrogens is 5. The van der Waals surface area contributed by atoms with Crippen molar-refractivity contribution in [3.05, 3.63) is 144 Å². The third kappa shape index (κ3) is 5.91. The molecule has 0 aliphatic carbocycles. The Hall–Kier alpha value is -4.83. The number of nitrogens with zero attached hydrogens (tertiary/aromatic N) is 5. The summed E-state index contributed by atoms with van der Waals surface area (Å²) in [6.45, 7) is 0.435. The Bertz CT molecular complexity index is 2150. The van der Waals surface area contributed by atoms with E-state index in [1.54, 1.807) is 11.3 Å². The molecular formula is C33H22ClN5O2S2. The molecule has 10 heteroatoms. The fourth-order valence-corrected chi connectivity index (χ4v) is 6.14. The van der Waals surface area contributed by atoms with E-state index in [4.69, 9.17) is 21.4 Å². The third-order valence-corrected chi connectivity index (χ3v) is 8.68. The minimum atomic E-state index is -0.215. The number of benzene rings is 3. The lowest BCUT2D eigenvalue weighted by atomic mass is 10.1. The molecule has 0 fully saturated rings. The molecule has 0 radical (unpaired) electrons. The highest BCUT2D eigenvalue weighted by molar-refractivity contribution is 7.15. The molecule has 7 rings (SSSR count). The second kappa shape index (κ2) is 11.8. The maximum atomic E-state index is 13.3. The van der Waals surface area contributed by atoms with Crippen LogP contribution in [0.25, 0.3) is 40.1 Å². The highest BCUT2D eigenvalue weighted by Gasteiger charge is 2.14. The van der Waals surface area contributed by atoms with Crippen molar-refractivity contribution in [2.45, 2.75) is 6.61 Å². The number of fused-ring (bicyclic) bond motifs is 1. The SMILES string of the molecule is O=c1/c(=C/c2cn(-c3ccccc3)nc2-c2ccc(OCc3ccc(Cl)cc3)cc2)sc2nc(/C=C/c3cccs3)nn12. The summed E-state index contributed by atoms with van der Waals surface area (Å²) in [5.74, 6) is 1.24. The van der Waals surface area contributed by atoms with Gasteiger partial charge < -0.3 is 4.74 Å². The van der Waals surface area contributed by atoms with Gasteiger partial charge in [-0.2, -0.15) is 14.6 Å². The van der Waals surface area contributed by atoms with E-state index in [1.807, 2.05) is 125 Å². The first kappa shape index (κ1) is 27.0. The van der Waals surface area contributed by atoms with Crippen molar-refractivity contribution in [3.63, 3.8) is 0 Å². The van der Waals surface area contributed by atoms with Crippen LogP contribution in [0.2, 0.25) is 5.02 Å². The smallest absolute Gasteiger partial charge is 0.291 e. The first-order valence-electron chi connectivity index (χ1n) is 13.3. The van der Waals surface area contributed by atoms with Crippen molar-refractivity contribution in [2.24, 2.45) is 0 Å². The van der Waals surface area contributed by atoms with E-state index in [2.05, 4.69) is 10.1 Å². The summed E-state index contributed by atoms with van der Waals surface area (Å²) in [4.78, 5) is 19.5. The molecule has 0 saturated heterocycles. The first-order chi connectivity index (χ1) is 21.1. The molecule has 0 amide bonds. The topological polar surface area (TPSA) is 74.3 Å². The van der Waals surface area contributed by atoms with Gasteiger partial charge >= 0.3 is 0 Å². The second-order valence-electron chi connectivity index (χ2n) is 9.58. The molecule has 0 atom stereocenters. The lowest BCUT2D eigenvalue weighted by Crippen LogP contribution is -2.23. The number of halogens is 1. The van der Waals surface area contributed by atoms with Crippen molar-refractivity contribution >= 4 is 57.5 Å². The van der Waals surface area contributed by atoms with Crippen LogP contribution in [0.5, 0.6) is 5.75 Å². The second-order valence-corrected chi connectivity index (χ2v) is 12.0. The van der Waals surface area contributed by atoms with Crippen molar-refractivity contribution in [1.82, 2.24) is 24.4 Å². The van der Waals surface area contributed by atoms with Crippen LogP contribution < -0.4 is 14.8 Å². The zero-order valence-electron chi connectivity index (χ0n) is 22.5. The van der Waals surface area contributed by atoms with Gasteiger partial charge in [0.2, 0.25) is 4.96 Å². The number of thiazole rings is 1. The van der Waals surface area contributed by atoms with Crippen LogP contribution in [0.3, 0.4) is 0 Å². The minimum absolute atomic E-state index is 0.215. The van der Waals surface area contributed by atoms with Gasteiger partial charge in [0.15, 0.2) is 5.82 Å². The van der Waals surface area contributed by atoms with Gasteiger partial charge in [0.25, 0.3) is 5.56 Å². The van der Waals surface area contributed by atoms with Crippen molar-refractivity contribution in [1.29, 1.82) is 0 Å². The predicted molar refractivity (Wildman–Crippen MR) is 174 cm³/mol. The summed E-state index contributed by atoms with van der Waals surface area (Å²) in [5, 5.41) is 12.0. The van der Waals surface area contributed by atoms with Gasteiger partial charge in [-0.25, -0.2) is 4.68 Å². The summed E-state index contributed by atoms with van der Waals surface area (Å²) in [7, 11) is 0. The van der Waals surface area contributed by atoms with Gasteiger partial charge in [-0.05, 0) is 83.8 Å². The van der Waals surface area contributed by atoms with Crippen LogP contribution in [-0.2, 0) is 6.61 Å². The zero-order valence-corrected chi connectivity index (χ0v) is 24.9. The van der Waals surface area contributed by atoms with Gasteiger partial charge in [0, 0.05) is 27.2 Å². The van der Waals surface area contributed by atoms with Crippen LogP contribution in [0.1, 0.15) is 21.8 Å². The van der Waals surface area contributed by atoms with E-state index >= 15 is 0 Å². The Morgan fingerprint density at radius 1 is 0.884 bits per heavy atom. The number of rotatable bonds is 8. The molecule has 0 bridgehead atoms. The standard InChI is InChI=1S/C33H22ClN5O2S2/c34-25-12-8-22(9-13-25)21-41-27-14-10-23(11-15-27)31-24(20-38(37-31)26-5-2-1-3-6-26)19-29-32(40)39-33(43-29)35-30(36-39)17-16-28-7-4-18-42-28/h1-20H,21H2/b17-16+,29-19-. The number of hydrogen-bond acceptors (Lipinski definition) is 7. The van der Waals surface area contributed by atoms with E-state index in [1.165, 1.54) is 15.9 Å². The lowest BCUT2D eigenvalue weighted by Gasteiger charge is -2.07. The molecule has 43 heavy (non-hydrogen) atoms. The molecule has 210 valence electrons. The third-order valence-electron chi connectivity index (χ3n) is 6.63. The quantitative estimate of drug-likeness (QED) is 0.183. The molecule has 0 unspecified atom stereocenters. The summed E-state index contributed by atoms with van der Waals surface area (Å²) >= 11 is 8.92. The molecule has 0 aliphatic rings. The fourth-order valence-electron chi connectivity index (χ4n) is 4.49. The van der Waals surface area contributed by atoms with Gasteiger partial charge in [0.05, 0.1) is 10.2 Å². The number of para-hydroxylation sites is 1. The molecule has 4 aromatic heterocycles. The highest BCUT2D eigenvalue weighted by atomic mass is 35.5. The highest BCUT2D eigenvalue weighted by Crippen LogP contribution is 2.27. The Morgan fingerprint density at radius 2 is 1.70 bits per heavy atom.